The Bertz CT molecular complexity index is 492. The van der Waals surface area contributed by atoms with E-state index >= 15 is 0 Å². The number of ether oxygens (including phenoxy) is 2. The van der Waals surface area contributed by atoms with Crippen LogP contribution < -0.4 is 4.74 Å². The number of carbonyl (C=O) groups is 1. The van der Waals surface area contributed by atoms with Gasteiger partial charge in [-0.2, -0.15) is 0 Å². The normalized spacial score (nSPS) is 17.9. The van der Waals surface area contributed by atoms with E-state index in [2.05, 4.69) is 35.9 Å². The molecular formula is C19H26O3. The molecule has 0 atom stereocenters. The van der Waals surface area contributed by atoms with Crippen LogP contribution in [0.25, 0.3) is 0 Å². The summed E-state index contributed by atoms with van der Waals surface area (Å²) in [7, 11) is 1.43. The van der Waals surface area contributed by atoms with E-state index in [4.69, 9.17) is 4.74 Å². The van der Waals surface area contributed by atoms with Crippen molar-refractivity contribution in [2.24, 2.45) is 0 Å². The number of hydrogen-bond donors (Lipinski definition) is 0. The molecule has 0 aliphatic heterocycles. The minimum Gasteiger partial charge on any atom is -0.494 e. The number of rotatable bonds is 6. The summed E-state index contributed by atoms with van der Waals surface area (Å²) >= 11 is 0. The highest BCUT2D eigenvalue weighted by atomic mass is 16.5. The molecule has 0 bridgehead atoms. The SMILES string of the molecule is CCCCOc1ccc(C2CCC(=CC(=O)OC)CC2)cc1. The summed E-state index contributed by atoms with van der Waals surface area (Å²) in [5, 5.41) is 0. The Morgan fingerprint density at radius 2 is 1.91 bits per heavy atom. The summed E-state index contributed by atoms with van der Waals surface area (Å²) in [6, 6.07) is 8.51. The minimum absolute atomic E-state index is 0.234. The van der Waals surface area contributed by atoms with Crippen LogP contribution in [0.5, 0.6) is 5.75 Å². The minimum atomic E-state index is -0.234. The van der Waals surface area contributed by atoms with Crippen LogP contribution in [0, 0.1) is 0 Å². The maximum atomic E-state index is 11.3. The third-order valence-electron chi connectivity index (χ3n) is 4.27. The zero-order chi connectivity index (χ0) is 15.8. The molecule has 0 radical (unpaired) electrons. The molecule has 1 aromatic carbocycles. The number of esters is 1. The number of carbonyl (C=O) groups excluding carboxylic acids is 1. The quantitative estimate of drug-likeness (QED) is 0.437. The lowest BCUT2D eigenvalue weighted by molar-refractivity contribution is -0.134. The first-order valence-corrected chi connectivity index (χ1v) is 8.23. The molecule has 22 heavy (non-hydrogen) atoms. The van der Waals surface area contributed by atoms with Gasteiger partial charge in [-0.1, -0.05) is 31.1 Å². The summed E-state index contributed by atoms with van der Waals surface area (Å²) in [5.74, 6) is 1.31. The highest BCUT2D eigenvalue weighted by Crippen LogP contribution is 2.35. The lowest BCUT2D eigenvalue weighted by atomic mass is 9.81. The van der Waals surface area contributed by atoms with Crippen molar-refractivity contribution in [3.8, 4) is 5.75 Å². The van der Waals surface area contributed by atoms with Crippen molar-refractivity contribution in [2.45, 2.75) is 51.4 Å². The van der Waals surface area contributed by atoms with Crippen molar-refractivity contribution in [1.82, 2.24) is 0 Å². The van der Waals surface area contributed by atoms with E-state index in [1.54, 1.807) is 6.08 Å². The van der Waals surface area contributed by atoms with Crippen molar-refractivity contribution in [1.29, 1.82) is 0 Å². The van der Waals surface area contributed by atoms with Crippen LogP contribution in [0.3, 0.4) is 0 Å². The summed E-state index contributed by atoms with van der Waals surface area (Å²) in [5.41, 5.74) is 2.59. The number of methoxy groups -OCH3 is 1. The van der Waals surface area contributed by atoms with Crippen LogP contribution in [0.1, 0.15) is 56.9 Å². The lowest BCUT2D eigenvalue weighted by Crippen LogP contribution is -2.08. The molecule has 0 amide bonds. The summed E-state index contributed by atoms with van der Waals surface area (Å²) < 4.78 is 10.4. The highest BCUT2D eigenvalue weighted by molar-refractivity contribution is 5.82. The highest BCUT2D eigenvalue weighted by Gasteiger charge is 2.19. The Morgan fingerprint density at radius 3 is 2.50 bits per heavy atom. The van der Waals surface area contributed by atoms with Gasteiger partial charge >= 0.3 is 5.97 Å². The Kier molecular flexibility index (Phi) is 6.50. The number of unbranched alkanes of at least 4 members (excludes halogenated alkanes) is 1. The van der Waals surface area contributed by atoms with E-state index < -0.39 is 0 Å². The fourth-order valence-electron chi connectivity index (χ4n) is 2.86. The molecule has 0 heterocycles. The maximum absolute atomic E-state index is 11.3. The second-order valence-electron chi connectivity index (χ2n) is 5.87. The van der Waals surface area contributed by atoms with E-state index in [9.17, 15) is 4.79 Å². The van der Waals surface area contributed by atoms with E-state index in [0.717, 1.165) is 50.9 Å². The molecule has 1 aliphatic rings. The van der Waals surface area contributed by atoms with Crippen molar-refractivity contribution in [2.75, 3.05) is 13.7 Å². The van der Waals surface area contributed by atoms with Gasteiger partial charge in [0.05, 0.1) is 13.7 Å². The molecule has 0 saturated heterocycles. The van der Waals surface area contributed by atoms with Crippen molar-refractivity contribution in [3.63, 3.8) is 0 Å². The Balaban J connectivity index is 1.86. The third-order valence-corrected chi connectivity index (χ3v) is 4.27. The van der Waals surface area contributed by atoms with Gasteiger partial charge in [0.25, 0.3) is 0 Å². The molecule has 3 heteroatoms. The van der Waals surface area contributed by atoms with Crippen LogP contribution in [-0.2, 0) is 9.53 Å². The Morgan fingerprint density at radius 1 is 1.23 bits per heavy atom. The van der Waals surface area contributed by atoms with E-state index in [-0.39, 0.29) is 5.97 Å². The van der Waals surface area contributed by atoms with Crippen LogP contribution in [0.2, 0.25) is 0 Å². The van der Waals surface area contributed by atoms with Gasteiger partial charge < -0.3 is 9.47 Å². The van der Waals surface area contributed by atoms with Gasteiger partial charge in [0.1, 0.15) is 5.75 Å². The molecule has 3 nitrogen and oxygen atoms in total. The van der Waals surface area contributed by atoms with Gasteiger partial charge in [0, 0.05) is 6.08 Å². The first kappa shape index (κ1) is 16.6. The van der Waals surface area contributed by atoms with E-state index in [0.29, 0.717) is 5.92 Å². The van der Waals surface area contributed by atoms with Crippen molar-refractivity contribution >= 4 is 5.97 Å². The Hall–Kier alpha value is -1.77. The molecule has 1 aliphatic carbocycles. The standard InChI is InChI=1S/C19H26O3/c1-3-4-13-22-18-11-9-17(10-12-18)16-7-5-15(6-8-16)14-19(20)21-2/h9-12,14,16H,3-8,13H2,1-2H3. The van der Waals surface area contributed by atoms with Gasteiger partial charge in [-0.05, 0) is 55.7 Å². The predicted octanol–water partition coefficient (Wildman–Crippen LogP) is 4.62. The fraction of sp³-hybridized carbons (Fsp3) is 0.526. The number of benzene rings is 1. The molecule has 1 saturated carbocycles. The summed E-state index contributed by atoms with van der Waals surface area (Å²) in [6.07, 6.45) is 8.06. The lowest BCUT2D eigenvalue weighted by Gasteiger charge is -2.24. The van der Waals surface area contributed by atoms with Gasteiger partial charge in [-0.25, -0.2) is 4.79 Å². The van der Waals surface area contributed by atoms with E-state index in [1.165, 1.54) is 18.2 Å². The first-order valence-electron chi connectivity index (χ1n) is 8.23. The maximum Gasteiger partial charge on any atom is 0.330 e. The van der Waals surface area contributed by atoms with Crippen LogP contribution in [0.4, 0.5) is 0 Å². The summed E-state index contributed by atoms with van der Waals surface area (Å²) in [4.78, 5) is 11.3. The largest absolute Gasteiger partial charge is 0.494 e. The Labute approximate surface area is 133 Å². The molecule has 0 aromatic heterocycles. The monoisotopic (exact) mass is 302 g/mol. The average molecular weight is 302 g/mol. The van der Waals surface area contributed by atoms with Crippen LogP contribution in [0.15, 0.2) is 35.9 Å². The average Bonchev–Trinajstić information content (AvgIpc) is 2.56. The molecule has 1 aromatic rings. The molecular weight excluding hydrogens is 276 g/mol. The first-order chi connectivity index (χ1) is 10.7. The van der Waals surface area contributed by atoms with Crippen molar-refractivity contribution in [3.05, 3.63) is 41.5 Å². The topological polar surface area (TPSA) is 35.5 Å². The predicted molar refractivity (Wildman–Crippen MR) is 88.2 cm³/mol. The van der Waals surface area contributed by atoms with Gasteiger partial charge in [0.2, 0.25) is 0 Å². The fourth-order valence-corrected chi connectivity index (χ4v) is 2.86. The zero-order valence-corrected chi connectivity index (χ0v) is 13.6. The number of allylic oxidation sites excluding steroid dienone is 1. The molecule has 120 valence electrons. The second-order valence-corrected chi connectivity index (χ2v) is 5.87. The molecule has 0 unspecified atom stereocenters. The zero-order valence-electron chi connectivity index (χ0n) is 13.6. The number of hydrogen-bond acceptors (Lipinski definition) is 3. The molecule has 0 N–H and O–H groups in total. The molecule has 1 fully saturated rings. The third kappa shape index (κ3) is 4.90. The van der Waals surface area contributed by atoms with Gasteiger partial charge in [0.15, 0.2) is 0 Å². The van der Waals surface area contributed by atoms with Crippen LogP contribution >= 0.6 is 0 Å². The van der Waals surface area contributed by atoms with E-state index in [1.807, 2.05) is 0 Å². The molecule has 2 rings (SSSR count). The van der Waals surface area contributed by atoms with Crippen molar-refractivity contribution < 1.29 is 14.3 Å². The molecule has 0 spiro atoms. The van der Waals surface area contributed by atoms with Gasteiger partial charge in [-0.3, -0.25) is 0 Å². The van der Waals surface area contributed by atoms with Gasteiger partial charge in [-0.15, -0.1) is 0 Å². The summed E-state index contributed by atoms with van der Waals surface area (Å²) in [6.45, 7) is 2.96. The second kappa shape index (κ2) is 8.62. The van der Waals surface area contributed by atoms with Crippen LogP contribution in [-0.4, -0.2) is 19.7 Å². The smallest absolute Gasteiger partial charge is 0.330 e.